The summed E-state index contributed by atoms with van der Waals surface area (Å²) >= 11 is 0. The van der Waals surface area contributed by atoms with Gasteiger partial charge in [-0.05, 0) is 91.6 Å². The molecule has 2 atom stereocenters. The molecule has 0 saturated carbocycles. The van der Waals surface area contributed by atoms with Gasteiger partial charge < -0.3 is 18.9 Å². The standard InChI is InChI=1S/C42H53N7O4S/c1-26-13-11-14-27(2)37(26)33-22-36-46-40(45-33)47-54(9,10,51)32-16-12-15-28(19-32)39(50)49(30(25-52-36)20-31-17-18-42(6,7)53-31)24-29-23-43-34-21-35(41(3,4)5)48(8)38(34)44-29/h11-16,19,21-23,30-31H,17-18,20,24-25H2,1-10H3,(H,45,46,47,51)/t30-,31-/m1/s1. The summed E-state index contributed by atoms with van der Waals surface area (Å²) in [4.78, 5) is 36.8. The van der Waals surface area contributed by atoms with Crippen molar-refractivity contribution >= 4 is 32.3 Å². The van der Waals surface area contributed by atoms with Gasteiger partial charge >= 0.3 is 0 Å². The van der Waals surface area contributed by atoms with Crippen molar-refractivity contribution in [3.8, 4) is 17.1 Å². The van der Waals surface area contributed by atoms with Gasteiger partial charge in [-0.3, -0.25) is 18.7 Å². The number of nitrogens with zero attached hydrogens (tertiary/aromatic N) is 6. The van der Waals surface area contributed by atoms with E-state index in [0.29, 0.717) is 34.1 Å². The number of carbonyl (C=O) groups is 1. The lowest BCUT2D eigenvalue weighted by atomic mass is 9.92. The highest BCUT2D eigenvalue weighted by Crippen LogP contribution is 2.37. The molecule has 7 rings (SSSR count). The zero-order chi connectivity index (χ0) is 38.8. The molecule has 54 heavy (non-hydrogen) atoms. The second-order valence-corrected chi connectivity index (χ2v) is 21.5. The Bertz CT molecular complexity index is 2320. The van der Waals surface area contributed by atoms with Crippen LogP contribution < -0.4 is 9.46 Å². The smallest absolute Gasteiger partial charge is 0.254 e. The average molecular weight is 752 g/mol. The molecule has 0 unspecified atom stereocenters. The molecule has 0 spiro atoms. The Morgan fingerprint density at radius 2 is 1.72 bits per heavy atom. The highest BCUT2D eigenvalue weighted by atomic mass is 32.3. The highest BCUT2D eigenvalue weighted by Gasteiger charge is 2.37. The number of aromatic nitrogens is 5. The molecular formula is C42H53N7O4S. The van der Waals surface area contributed by atoms with Crippen molar-refractivity contribution in [1.82, 2.24) is 29.4 Å². The number of benzene rings is 2. The van der Waals surface area contributed by atoms with E-state index in [0.717, 1.165) is 46.4 Å². The minimum absolute atomic E-state index is 0.0934. The first-order chi connectivity index (χ1) is 25.2. The normalized spacial score (nSPS) is 21.6. The van der Waals surface area contributed by atoms with Crippen LogP contribution in [0.2, 0.25) is 0 Å². The molecule has 1 saturated heterocycles. The first kappa shape index (κ1) is 37.6. The zero-order valence-electron chi connectivity index (χ0n) is 33.2. The van der Waals surface area contributed by atoms with E-state index in [1.807, 2.05) is 50.1 Å². The van der Waals surface area contributed by atoms with Crippen molar-refractivity contribution in [2.24, 2.45) is 7.05 Å². The maximum atomic E-state index is 15.0. The third kappa shape index (κ3) is 7.50. The van der Waals surface area contributed by atoms with Gasteiger partial charge in [0.15, 0.2) is 5.65 Å². The fourth-order valence-electron chi connectivity index (χ4n) is 7.84. The fraction of sp³-hybridized carbons (Fsp3) is 0.452. The maximum Gasteiger partial charge on any atom is 0.254 e. The van der Waals surface area contributed by atoms with E-state index in [-0.39, 0.29) is 42.1 Å². The predicted octanol–water partition coefficient (Wildman–Crippen LogP) is 7.56. The average Bonchev–Trinajstić information content (AvgIpc) is 3.61. The number of anilines is 1. The minimum Gasteiger partial charge on any atom is -0.475 e. The van der Waals surface area contributed by atoms with Crippen LogP contribution in [0.15, 0.2) is 65.7 Å². The Morgan fingerprint density at radius 1 is 1.00 bits per heavy atom. The number of ether oxygens (including phenoxy) is 2. The number of carbonyl (C=O) groups excluding carboxylic acids is 1. The third-order valence-corrected chi connectivity index (χ3v) is 13.1. The highest BCUT2D eigenvalue weighted by molar-refractivity contribution is 8.19. The van der Waals surface area contributed by atoms with Crippen LogP contribution in [0.25, 0.3) is 22.4 Å². The Labute approximate surface area is 318 Å². The van der Waals surface area contributed by atoms with Gasteiger partial charge in [0.25, 0.3) is 5.91 Å². The van der Waals surface area contributed by atoms with Gasteiger partial charge in [0, 0.05) is 52.8 Å². The molecule has 12 heteroatoms. The molecule has 3 aromatic heterocycles. The van der Waals surface area contributed by atoms with E-state index in [9.17, 15) is 9.00 Å². The van der Waals surface area contributed by atoms with Crippen molar-refractivity contribution in [3.05, 3.63) is 88.9 Å². The molecule has 11 nitrogen and oxygen atoms in total. The molecule has 0 aliphatic carbocycles. The van der Waals surface area contributed by atoms with Gasteiger partial charge in [-0.1, -0.05) is 45.0 Å². The molecule has 5 heterocycles. The van der Waals surface area contributed by atoms with E-state index < -0.39 is 15.3 Å². The molecule has 1 fully saturated rings. The summed E-state index contributed by atoms with van der Waals surface area (Å²) in [5.41, 5.74) is 7.04. The van der Waals surface area contributed by atoms with Gasteiger partial charge in [0.2, 0.25) is 11.8 Å². The van der Waals surface area contributed by atoms with Gasteiger partial charge in [0.1, 0.15) is 12.1 Å². The first-order valence-corrected chi connectivity index (χ1v) is 21.4. The second kappa shape index (κ2) is 13.3. The molecular weight excluding hydrogens is 699 g/mol. The summed E-state index contributed by atoms with van der Waals surface area (Å²) in [6.45, 7) is 15.1. The van der Waals surface area contributed by atoms with E-state index in [1.165, 1.54) is 0 Å². The number of amides is 1. The van der Waals surface area contributed by atoms with E-state index >= 15 is 0 Å². The van der Waals surface area contributed by atoms with Crippen LogP contribution in [0.1, 0.15) is 86.8 Å². The second-order valence-electron chi connectivity index (χ2n) is 17.2. The van der Waals surface area contributed by atoms with Crippen molar-refractivity contribution < 1.29 is 18.5 Å². The predicted molar refractivity (Wildman–Crippen MR) is 214 cm³/mol. The maximum absolute atomic E-state index is 15.0. The first-order valence-electron chi connectivity index (χ1n) is 18.6. The van der Waals surface area contributed by atoms with Crippen LogP contribution in [-0.4, -0.2) is 76.4 Å². The largest absolute Gasteiger partial charge is 0.475 e. The molecule has 1 N–H and O–H groups in total. The van der Waals surface area contributed by atoms with E-state index in [4.69, 9.17) is 29.4 Å². The Kier molecular flexibility index (Phi) is 9.24. The number of hydrogen-bond donors (Lipinski definition) is 1. The third-order valence-electron chi connectivity index (χ3n) is 10.7. The monoisotopic (exact) mass is 751 g/mol. The van der Waals surface area contributed by atoms with Gasteiger partial charge in [0.05, 0.1) is 41.9 Å². The quantitative estimate of drug-likeness (QED) is 0.195. The lowest BCUT2D eigenvalue weighted by Gasteiger charge is -2.36. The van der Waals surface area contributed by atoms with Gasteiger partial charge in [-0.15, -0.1) is 0 Å². The topological polar surface area (TPSA) is 124 Å². The zero-order valence-corrected chi connectivity index (χ0v) is 34.0. The number of rotatable bonds is 5. The van der Waals surface area contributed by atoms with Crippen molar-refractivity contribution in [2.75, 3.05) is 23.8 Å². The number of aryl methyl sites for hydroxylation is 3. The van der Waals surface area contributed by atoms with Gasteiger partial charge in [-0.2, -0.15) is 4.98 Å². The summed E-state index contributed by atoms with van der Waals surface area (Å²) < 4.78 is 33.4. The summed E-state index contributed by atoms with van der Waals surface area (Å²) in [7, 11) is -1.86. The minimum atomic E-state index is -3.87. The molecule has 0 radical (unpaired) electrons. The molecule has 2 aliphatic heterocycles. The lowest BCUT2D eigenvalue weighted by molar-refractivity contribution is -0.0318. The number of hydrogen-bond acceptors (Lipinski definition) is 8. The van der Waals surface area contributed by atoms with E-state index in [1.54, 1.807) is 43.0 Å². The fourth-order valence-corrected chi connectivity index (χ4v) is 9.53. The Balaban J connectivity index is 1.38. The van der Waals surface area contributed by atoms with Crippen LogP contribution in [0, 0.1) is 13.8 Å². The molecule has 2 aliphatic rings. The van der Waals surface area contributed by atoms with E-state index in [2.05, 4.69) is 50.0 Å². The van der Waals surface area contributed by atoms with Crippen LogP contribution >= 0.6 is 0 Å². The number of nitrogens with one attached hydrogen (secondary N) is 1. The van der Waals surface area contributed by atoms with Crippen LogP contribution in [0.5, 0.6) is 5.88 Å². The summed E-state index contributed by atoms with van der Waals surface area (Å²) in [6, 6.07) is 16.6. The van der Waals surface area contributed by atoms with Crippen molar-refractivity contribution in [2.45, 2.75) is 102 Å². The van der Waals surface area contributed by atoms with Crippen LogP contribution in [0.3, 0.4) is 0 Å². The Hall–Kier alpha value is -4.68. The molecule has 2 aromatic carbocycles. The van der Waals surface area contributed by atoms with Crippen molar-refractivity contribution in [1.29, 1.82) is 0 Å². The van der Waals surface area contributed by atoms with Crippen LogP contribution in [0.4, 0.5) is 5.95 Å². The molecule has 1 amide bonds. The summed E-state index contributed by atoms with van der Waals surface area (Å²) in [5.74, 6) is 0.255. The lowest BCUT2D eigenvalue weighted by Crippen LogP contribution is -2.45. The molecule has 5 aromatic rings. The SMILES string of the molecule is Cc1cccc(C)c1-c1cc2nc(n1)NS(C)(C)(=O)c1cccc(c1)C(=O)N(Cc1cnc3cc(C(C)(C)C)n(C)c3n1)[C@H](C[C@H]1CCC(C)(C)O1)CO2. The molecule has 4 bridgehead atoms. The van der Waals surface area contributed by atoms with Crippen LogP contribution in [-0.2, 0) is 33.0 Å². The molecule has 286 valence electrons. The summed E-state index contributed by atoms with van der Waals surface area (Å²) in [5, 5.41) is 0. The van der Waals surface area contributed by atoms with Gasteiger partial charge in [-0.25, -0.2) is 9.97 Å². The number of fused-ring (bicyclic) bond motifs is 5. The van der Waals surface area contributed by atoms with Crippen molar-refractivity contribution in [3.63, 3.8) is 0 Å². The summed E-state index contributed by atoms with van der Waals surface area (Å²) in [6.07, 6.45) is 7.26. The Morgan fingerprint density at radius 3 is 2.41 bits per heavy atom.